The number of carbonyl (C=O) groups excluding carboxylic acids is 1. The molecule has 1 aromatic heterocycles. The van der Waals surface area contributed by atoms with Crippen molar-refractivity contribution in [1.29, 1.82) is 0 Å². The van der Waals surface area contributed by atoms with E-state index in [0.29, 0.717) is 28.4 Å². The number of carboxylic acids is 1. The molecule has 3 aromatic carbocycles. The molecule has 0 spiro atoms. The number of benzene rings is 3. The normalized spacial score (nSPS) is 10.7. The molecule has 0 aliphatic rings. The summed E-state index contributed by atoms with van der Waals surface area (Å²) in [4.78, 5) is 34.4. The van der Waals surface area contributed by atoms with E-state index in [4.69, 9.17) is 16.6 Å². The van der Waals surface area contributed by atoms with E-state index >= 15 is 0 Å². The smallest absolute Gasteiger partial charge is 0.305 e. The predicted octanol–water partition coefficient (Wildman–Crippen LogP) is 3.48. The van der Waals surface area contributed by atoms with Gasteiger partial charge in [0.25, 0.3) is 5.91 Å². The van der Waals surface area contributed by atoms with Crippen LogP contribution in [0.15, 0.2) is 71.7 Å². The first-order valence-corrected chi connectivity index (χ1v) is 10.9. The van der Waals surface area contributed by atoms with Gasteiger partial charge in [0.1, 0.15) is 5.82 Å². The van der Waals surface area contributed by atoms with Gasteiger partial charge in [0.05, 0.1) is 23.1 Å². The van der Waals surface area contributed by atoms with Crippen molar-refractivity contribution in [2.75, 3.05) is 16.8 Å². The average molecular weight is 490 g/mol. The van der Waals surface area contributed by atoms with Crippen LogP contribution in [0.25, 0.3) is 11.0 Å². The van der Waals surface area contributed by atoms with Crippen LogP contribution in [0, 0.1) is 5.82 Å². The number of hydrogen-bond donors (Lipinski definition) is 4. The van der Waals surface area contributed by atoms with E-state index in [9.17, 15) is 14.0 Å². The van der Waals surface area contributed by atoms with Crippen molar-refractivity contribution in [2.45, 2.75) is 6.42 Å². The summed E-state index contributed by atoms with van der Waals surface area (Å²) in [5, 5.41) is 12.3. The molecule has 4 rings (SSSR count). The van der Waals surface area contributed by atoms with Crippen molar-refractivity contribution in [3.63, 3.8) is 0 Å². The fraction of sp³-hybridized carbons (Fsp3) is 0.120. The molecule has 0 saturated carbocycles. The van der Waals surface area contributed by atoms with Crippen LogP contribution in [0.4, 0.5) is 27.4 Å². The van der Waals surface area contributed by atoms with Crippen LogP contribution >= 0.6 is 0 Å². The van der Waals surface area contributed by atoms with Crippen LogP contribution in [-0.4, -0.2) is 39.0 Å². The number of halogens is 1. The second-order valence-corrected chi connectivity index (χ2v) is 7.98. The zero-order valence-corrected chi connectivity index (χ0v) is 19.4. The number of nitrogens with two attached hydrogens (primary N) is 2. The van der Waals surface area contributed by atoms with Gasteiger partial charge >= 0.3 is 5.97 Å². The van der Waals surface area contributed by atoms with Gasteiger partial charge in [-0.1, -0.05) is 0 Å². The Morgan fingerprint density at radius 3 is 2.42 bits per heavy atom. The number of anilines is 3. The minimum Gasteiger partial charge on any atom is -0.481 e. The zero-order chi connectivity index (χ0) is 25.8. The summed E-state index contributed by atoms with van der Waals surface area (Å²) in [5.74, 6) is -1.40. The molecule has 4 aromatic rings. The van der Waals surface area contributed by atoms with E-state index in [-0.39, 0.29) is 18.9 Å². The molecule has 184 valence electrons. The summed E-state index contributed by atoms with van der Waals surface area (Å²) in [6.07, 6.45) is -0.259. The Kier molecular flexibility index (Phi) is 6.81. The fourth-order valence-electron chi connectivity index (χ4n) is 3.67. The second-order valence-electron chi connectivity index (χ2n) is 7.98. The molecule has 0 aliphatic heterocycles. The third-order valence-electron chi connectivity index (χ3n) is 5.44. The highest BCUT2D eigenvalue weighted by atomic mass is 19.1. The number of carboxylic acid groups (broad SMARTS) is 1. The molecule has 0 bridgehead atoms. The maximum Gasteiger partial charge on any atom is 0.305 e. The van der Waals surface area contributed by atoms with E-state index < -0.39 is 17.7 Å². The number of imidazole rings is 1. The highest BCUT2D eigenvalue weighted by Gasteiger charge is 2.20. The third kappa shape index (κ3) is 5.41. The Hall–Kier alpha value is -4.93. The standard InChI is InChI=1S/C25H24FN7O3/c1-32-21-11-2-15(23(36)33(13-12-22(34)35)19-9-3-16(26)4-10-19)14-20(21)31-25(32)30-18-7-5-17(6-8-18)29-24(27)28/h2-11,14H,12-13H2,1H3,(H,30,31)(H,34,35)(H4,27,28,29). The Bertz CT molecular complexity index is 1440. The molecule has 0 aliphatic carbocycles. The summed E-state index contributed by atoms with van der Waals surface area (Å²) in [6, 6.07) is 17.5. The van der Waals surface area contributed by atoms with E-state index in [1.807, 2.05) is 11.6 Å². The zero-order valence-electron chi connectivity index (χ0n) is 19.4. The number of aromatic nitrogens is 2. The molecule has 0 radical (unpaired) electrons. The molecule has 6 N–H and O–H groups in total. The van der Waals surface area contributed by atoms with E-state index in [1.165, 1.54) is 29.2 Å². The SMILES string of the molecule is Cn1c(Nc2ccc(N=C(N)N)cc2)nc2cc(C(=O)N(CCC(=O)O)c3ccc(F)cc3)ccc21. The molecule has 11 heteroatoms. The van der Waals surface area contributed by atoms with Crippen LogP contribution in [0.3, 0.4) is 0 Å². The number of aliphatic imine (C=N–C) groups is 1. The third-order valence-corrected chi connectivity index (χ3v) is 5.44. The molecule has 1 heterocycles. The number of aliphatic carboxylic acids is 1. The van der Waals surface area contributed by atoms with Gasteiger partial charge < -0.3 is 31.4 Å². The lowest BCUT2D eigenvalue weighted by molar-refractivity contribution is -0.136. The minimum absolute atomic E-state index is 0.0302. The molecular formula is C25H24FN7O3. The van der Waals surface area contributed by atoms with Crippen molar-refractivity contribution in [2.24, 2.45) is 23.5 Å². The quantitative estimate of drug-likeness (QED) is 0.218. The topological polar surface area (TPSA) is 152 Å². The van der Waals surface area contributed by atoms with E-state index in [0.717, 1.165) is 11.2 Å². The van der Waals surface area contributed by atoms with Crippen LogP contribution < -0.4 is 21.7 Å². The van der Waals surface area contributed by atoms with Crippen molar-refractivity contribution >= 4 is 51.9 Å². The molecular weight excluding hydrogens is 465 g/mol. The number of amides is 1. The number of guanidine groups is 1. The molecule has 0 fully saturated rings. The Morgan fingerprint density at radius 2 is 1.78 bits per heavy atom. The molecule has 36 heavy (non-hydrogen) atoms. The van der Waals surface area contributed by atoms with Gasteiger partial charge in [-0.15, -0.1) is 0 Å². The Morgan fingerprint density at radius 1 is 1.08 bits per heavy atom. The van der Waals surface area contributed by atoms with Gasteiger partial charge in [-0.3, -0.25) is 9.59 Å². The van der Waals surface area contributed by atoms with Gasteiger partial charge in [-0.05, 0) is 66.7 Å². The summed E-state index contributed by atoms with van der Waals surface area (Å²) in [5.41, 5.74) is 14.2. The second kappa shape index (κ2) is 10.1. The number of nitrogens with one attached hydrogen (secondary N) is 1. The Labute approximate surface area is 205 Å². The molecule has 1 amide bonds. The summed E-state index contributed by atoms with van der Waals surface area (Å²) in [6.45, 7) is -0.0668. The molecule has 0 unspecified atom stereocenters. The van der Waals surface area contributed by atoms with Gasteiger partial charge in [0.15, 0.2) is 5.96 Å². The lowest BCUT2D eigenvalue weighted by Crippen LogP contribution is -2.33. The van der Waals surface area contributed by atoms with Crippen LogP contribution in [0.2, 0.25) is 0 Å². The first-order valence-electron chi connectivity index (χ1n) is 10.9. The van der Waals surface area contributed by atoms with Crippen molar-refractivity contribution < 1.29 is 19.1 Å². The monoisotopic (exact) mass is 489 g/mol. The minimum atomic E-state index is -1.04. The highest BCUT2D eigenvalue weighted by Crippen LogP contribution is 2.25. The highest BCUT2D eigenvalue weighted by molar-refractivity contribution is 6.08. The van der Waals surface area contributed by atoms with Crippen LogP contribution in [0.5, 0.6) is 0 Å². The first-order chi connectivity index (χ1) is 17.2. The number of fused-ring (bicyclic) bond motifs is 1. The lowest BCUT2D eigenvalue weighted by Gasteiger charge is -2.22. The number of nitrogens with zero attached hydrogens (tertiary/aromatic N) is 4. The predicted molar refractivity (Wildman–Crippen MR) is 136 cm³/mol. The number of carbonyl (C=O) groups is 2. The maximum absolute atomic E-state index is 13.4. The average Bonchev–Trinajstić information content (AvgIpc) is 3.15. The van der Waals surface area contributed by atoms with Gasteiger partial charge in [0.2, 0.25) is 5.95 Å². The number of rotatable bonds is 8. The van der Waals surface area contributed by atoms with Crippen molar-refractivity contribution in [3.05, 3.63) is 78.1 Å². The number of aryl methyl sites for hydroxylation is 1. The molecule has 0 saturated heterocycles. The van der Waals surface area contributed by atoms with Crippen molar-refractivity contribution in [1.82, 2.24) is 9.55 Å². The Balaban J connectivity index is 1.61. The maximum atomic E-state index is 13.4. The van der Waals surface area contributed by atoms with Gasteiger partial charge in [-0.25, -0.2) is 14.4 Å². The van der Waals surface area contributed by atoms with Gasteiger partial charge in [-0.2, -0.15) is 0 Å². The van der Waals surface area contributed by atoms with Crippen molar-refractivity contribution in [3.8, 4) is 0 Å². The molecule has 10 nitrogen and oxygen atoms in total. The largest absolute Gasteiger partial charge is 0.481 e. The van der Waals surface area contributed by atoms with E-state index in [2.05, 4.69) is 15.3 Å². The first kappa shape index (κ1) is 24.2. The summed E-state index contributed by atoms with van der Waals surface area (Å²) >= 11 is 0. The summed E-state index contributed by atoms with van der Waals surface area (Å²) < 4.78 is 15.2. The van der Waals surface area contributed by atoms with Gasteiger partial charge in [0, 0.05) is 30.5 Å². The number of hydrogen-bond acceptors (Lipinski definition) is 5. The molecule has 0 atom stereocenters. The lowest BCUT2D eigenvalue weighted by atomic mass is 10.1. The fourth-order valence-corrected chi connectivity index (χ4v) is 3.67. The summed E-state index contributed by atoms with van der Waals surface area (Å²) in [7, 11) is 1.84. The van der Waals surface area contributed by atoms with Crippen LogP contribution in [-0.2, 0) is 11.8 Å². The van der Waals surface area contributed by atoms with Crippen LogP contribution in [0.1, 0.15) is 16.8 Å². The van der Waals surface area contributed by atoms with E-state index in [1.54, 1.807) is 42.5 Å².